The molecule has 0 rings (SSSR count). The molecule has 6 heteroatoms. The lowest BCUT2D eigenvalue weighted by molar-refractivity contribution is -0.143. The molecule has 2 atom stereocenters. The Morgan fingerprint density at radius 2 is 0.870 bits per heavy atom. The Kier molecular flexibility index (Phi) is 43.2. The zero-order valence-electron chi connectivity index (χ0n) is 36.2. The van der Waals surface area contributed by atoms with Gasteiger partial charge in [0.25, 0.3) is 0 Å². The van der Waals surface area contributed by atoms with Crippen LogP contribution >= 0.6 is 0 Å². The molecule has 2 unspecified atom stereocenters. The Balaban J connectivity index is 3.46. The van der Waals surface area contributed by atoms with Gasteiger partial charge in [-0.25, -0.2) is 0 Å². The second kappa shape index (κ2) is 44.3. The van der Waals surface area contributed by atoms with Crippen LogP contribution in [-0.4, -0.2) is 47.4 Å². The Bertz CT molecular complexity index is 802. The molecule has 0 aliphatic rings. The number of amides is 1. The van der Waals surface area contributed by atoms with Crippen molar-refractivity contribution in [1.29, 1.82) is 0 Å². The van der Waals surface area contributed by atoms with Crippen molar-refractivity contribution in [3.8, 4) is 0 Å². The fourth-order valence-corrected chi connectivity index (χ4v) is 7.34. The predicted molar refractivity (Wildman–Crippen MR) is 232 cm³/mol. The molecule has 0 aromatic heterocycles. The Labute approximate surface area is 336 Å². The standard InChI is InChI=1S/C48H93NO5/c1-3-5-7-9-11-13-15-17-22-26-30-34-38-42-48(53)54-43-39-35-31-27-23-19-18-21-25-29-33-37-41-47(52)49-45(44-50)46(51)40-36-32-28-24-20-16-14-12-10-8-6-4-2/h13,15,45-46,50-51H,3-12,14,16-44H2,1-2H3,(H,49,52)/b15-13-. The van der Waals surface area contributed by atoms with Gasteiger partial charge in [-0.05, 0) is 51.4 Å². The number of nitrogens with one attached hydrogen (secondary N) is 1. The van der Waals surface area contributed by atoms with Gasteiger partial charge >= 0.3 is 5.97 Å². The second-order valence-electron chi connectivity index (χ2n) is 16.4. The van der Waals surface area contributed by atoms with Gasteiger partial charge in [0, 0.05) is 12.8 Å². The van der Waals surface area contributed by atoms with E-state index in [2.05, 4.69) is 31.3 Å². The summed E-state index contributed by atoms with van der Waals surface area (Å²) in [5.41, 5.74) is 0. The highest BCUT2D eigenvalue weighted by Gasteiger charge is 2.20. The number of hydrogen-bond acceptors (Lipinski definition) is 5. The maximum absolute atomic E-state index is 12.4. The van der Waals surface area contributed by atoms with E-state index in [1.54, 1.807) is 0 Å². The molecular formula is C48H93NO5. The molecule has 54 heavy (non-hydrogen) atoms. The van der Waals surface area contributed by atoms with Crippen LogP contribution in [0.2, 0.25) is 0 Å². The zero-order chi connectivity index (χ0) is 39.4. The topological polar surface area (TPSA) is 95.9 Å². The van der Waals surface area contributed by atoms with Crippen molar-refractivity contribution in [1.82, 2.24) is 5.32 Å². The molecule has 0 aromatic carbocycles. The average molecular weight is 764 g/mol. The minimum atomic E-state index is -0.672. The molecule has 3 N–H and O–H groups in total. The van der Waals surface area contributed by atoms with Crippen LogP contribution < -0.4 is 5.32 Å². The van der Waals surface area contributed by atoms with Crippen molar-refractivity contribution in [3.05, 3.63) is 12.2 Å². The number of hydrogen-bond donors (Lipinski definition) is 3. The fraction of sp³-hybridized carbons (Fsp3) is 0.917. The van der Waals surface area contributed by atoms with Gasteiger partial charge in [0.1, 0.15) is 0 Å². The first-order chi connectivity index (χ1) is 26.5. The number of aliphatic hydroxyl groups is 2. The first-order valence-electron chi connectivity index (χ1n) is 23.9. The molecule has 0 heterocycles. The SMILES string of the molecule is CCCCCC/C=C\CCCCCCCC(=O)OCCCCCCCCCCCCCCC(=O)NC(CO)C(O)CCCCCCCCCCCCCC. The van der Waals surface area contributed by atoms with Crippen LogP contribution in [0.3, 0.4) is 0 Å². The number of rotatable bonds is 44. The van der Waals surface area contributed by atoms with E-state index in [0.29, 0.717) is 25.9 Å². The molecule has 320 valence electrons. The van der Waals surface area contributed by atoms with Gasteiger partial charge in [-0.2, -0.15) is 0 Å². The maximum atomic E-state index is 12.4. The molecule has 6 nitrogen and oxygen atoms in total. The van der Waals surface area contributed by atoms with E-state index >= 15 is 0 Å². The van der Waals surface area contributed by atoms with Crippen molar-refractivity contribution >= 4 is 11.9 Å². The molecule has 0 spiro atoms. The normalized spacial score (nSPS) is 12.7. The van der Waals surface area contributed by atoms with E-state index in [4.69, 9.17) is 4.74 Å². The minimum Gasteiger partial charge on any atom is -0.466 e. The van der Waals surface area contributed by atoms with E-state index in [9.17, 15) is 19.8 Å². The smallest absolute Gasteiger partial charge is 0.305 e. The Morgan fingerprint density at radius 1 is 0.500 bits per heavy atom. The van der Waals surface area contributed by atoms with Crippen LogP contribution in [0.4, 0.5) is 0 Å². The number of esters is 1. The van der Waals surface area contributed by atoms with Gasteiger partial charge in [0.15, 0.2) is 0 Å². The Morgan fingerprint density at radius 3 is 1.33 bits per heavy atom. The third-order valence-electron chi connectivity index (χ3n) is 11.1. The molecule has 1 amide bonds. The highest BCUT2D eigenvalue weighted by atomic mass is 16.5. The number of carbonyl (C=O) groups is 2. The second-order valence-corrected chi connectivity index (χ2v) is 16.4. The maximum Gasteiger partial charge on any atom is 0.305 e. The lowest BCUT2D eigenvalue weighted by Gasteiger charge is -2.22. The number of allylic oxidation sites excluding steroid dienone is 2. The van der Waals surface area contributed by atoms with Gasteiger partial charge in [0.05, 0.1) is 25.4 Å². The van der Waals surface area contributed by atoms with Crippen LogP contribution in [0.5, 0.6) is 0 Å². The van der Waals surface area contributed by atoms with Crippen molar-refractivity contribution in [3.63, 3.8) is 0 Å². The van der Waals surface area contributed by atoms with E-state index < -0.39 is 12.1 Å². The average Bonchev–Trinajstić information content (AvgIpc) is 3.17. The first-order valence-corrected chi connectivity index (χ1v) is 23.9. The highest BCUT2D eigenvalue weighted by Crippen LogP contribution is 2.16. The van der Waals surface area contributed by atoms with Crippen molar-refractivity contribution < 1.29 is 24.5 Å². The number of unbranched alkanes of at least 4 members (excludes halogenated alkanes) is 31. The van der Waals surface area contributed by atoms with Crippen molar-refractivity contribution in [2.45, 2.75) is 270 Å². The van der Waals surface area contributed by atoms with E-state index in [-0.39, 0.29) is 18.5 Å². The first kappa shape index (κ1) is 52.6. The molecule has 0 bridgehead atoms. The van der Waals surface area contributed by atoms with Crippen LogP contribution in [-0.2, 0) is 14.3 Å². The van der Waals surface area contributed by atoms with Crippen LogP contribution in [0.15, 0.2) is 12.2 Å². The van der Waals surface area contributed by atoms with E-state index in [1.165, 1.54) is 167 Å². The summed E-state index contributed by atoms with van der Waals surface area (Å²) in [7, 11) is 0. The monoisotopic (exact) mass is 764 g/mol. The molecule has 0 saturated heterocycles. The molecule has 0 saturated carbocycles. The molecule has 0 aromatic rings. The third-order valence-corrected chi connectivity index (χ3v) is 11.1. The van der Waals surface area contributed by atoms with Gasteiger partial charge in [0.2, 0.25) is 5.91 Å². The summed E-state index contributed by atoms with van der Waals surface area (Å²) < 4.78 is 5.44. The zero-order valence-corrected chi connectivity index (χ0v) is 36.2. The van der Waals surface area contributed by atoms with Crippen LogP contribution in [0.1, 0.15) is 258 Å². The molecular weight excluding hydrogens is 671 g/mol. The van der Waals surface area contributed by atoms with Gasteiger partial charge in [-0.1, -0.05) is 206 Å². The van der Waals surface area contributed by atoms with Crippen molar-refractivity contribution in [2.24, 2.45) is 0 Å². The largest absolute Gasteiger partial charge is 0.466 e. The fourth-order valence-electron chi connectivity index (χ4n) is 7.34. The highest BCUT2D eigenvalue weighted by molar-refractivity contribution is 5.76. The number of aliphatic hydroxyl groups excluding tert-OH is 2. The van der Waals surface area contributed by atoms with Gasteiger partial charge in [-0.3, -0.25) is 9.59 Å². The number of ether oxygens (including phenoxy) is 1. The molecule has 0 fully saturated rings. The van der Waals surface area contributed by atoms with Crippen LogP contribution in [0, 0.1) is 0 Å². The van der Waals surface area contributed by atoms with Gasteiger partial charge in [-0.15, -0.1) is 0 Å². The van der Waals surface area contributed by atoms with Crippen molar-refractivity contribution in [2.75, 3.05) is 13.2 Å². The number of carbonyl (C=O) groups excluding carboxylic acids is 2. The molecule has 0 aliphatic carbocycles. The lowest BCUT2D eigenvalue weighted by atomic mass is 10.0. The third kappa shape index (κ3) is 40.3. The lowest BCUT2D eigenvalue weighted by Crippen LogP contribution is -2.45. The molecule has 0 radical (unpaired) electrons. The summed E-state index contributed by atoms with van der Waals surface area (Å²) in [5, 5.41) is 23.1. The predicted octanol–water partition coefficient (Wildman–Crippen LogP) is 13.8. The summed E-state index contributed by atoms with van der Waals surface area (Å²) >= 11 is 0. The van der Waals surface area contributed by atoms with E-state index in [1.807, 2.05) is 0 Å². The Hall–Kier alpha value is -1.40. The van der Waals surface area contributed by atoms with Gasteiger partial charge < -0.3 is 20.3 Å². The minimum absolute atomic E-state index is 0.0187. The summed E-state index contributed by atoms with van der Waals surface area (Å²) in [6, 6.07) is -0.551. The molecule has 0 aliphatic heterocycles. The summed E-state index contributed by atoms with van der Waals surface area (Å²) in [5.74, 6) is -0.0702. The summed E-state index contributed by atoms with van der Waals surface area (Å²) in [6.07, 6.45) is 48.8. The van der Waals surface area contributed by atoms with Crippen LogP contribution in [0.25, 0.3) is 0 Å². The van der Waals surface area contributed by atoms with E-state index in [0.717, 1.165) is 57.8 Å². The quantitative estimate of drug-likeness (QED) is 0.0326. The summed E-state index contributed by atoms with van der Waals surface area (Å²) in [4.78, 5) is 24.4. The summed E-state index contributed by atoms with van der Waals surface area (Å²) in [6.45, 7) is 4.89.